The fraction of sp³-hybridized carbons (Fsp3) is 0.588. The number of nitrogens with zero attached hydrogens (tertiary/aromatic N) is 1. The molecule has 0 amide bonds. The molecule has 3 rings (SSSR count). The van der Waals surface area contributed by atoms with Gasteiger partial charge in [0.05, 0.1) is 0 Å². The molecule has 0 unspecified atom stereocenters. The van der Waals surface area contributed by atoms with E-state index in [0.717, 1.165) is 51.9 Å². The van der Waals surface area contributed by atoms with Gasteiger partial charge in [-0.2, -0.15) is 0 Å². The molecule has 114 valence electrons. The van der Waals surface area contributed by atoms with Gasteiger partial charge < -0.3 is 10.4 Å². The lowest BCUT2D eigenvalue weighted by atomic mass is 9.77. The number of aliphatic carboxylic acids is 1. The van der Waals surface area contributed by atoms with Gasteiger partial charge in [0, 0.05) is 13.1 Å². The lowest BCUT2D eigenvalue weighted by molar-refractivity contribution is -0.142. The number of rotatable bonds is 4. The van der Waals surface area contributed by atoms with Crippen molar-refractivity contribution in [1.82, 2.24) is 10.2 Å². The van der Waals surface area contributed by atoms with Crippen LogP contribution in [0.1, 0.15) is 24.8 Å². The molecule has 1 aromatic rings. The lowest BCUT2D eigenvalue weighted by Crippen LogP contribution is -2.39. The number of likely N-dealkylation sites (tertiary alicyclic amines) is 1. The van der Waals surface area contributed by atoms with Crippen molar-refractivity contribution in [1.29, 1.82) is 0 Å². The molecule has 0 aromatic heterocycles. The van der Waals surface area contributed by atoms with E-state index in [0.29, 0.717) is 0 Å². The van der Waals surface area contributed by atoms with Crippen LogP contribution >= 0.6 is 0 Å². The molecule has 0 radical (unpaired) electrons. The first kappa shape index (κ1) is 14.5. The van der Waals surface area contributed by atoms with E-state index in [-0.39, 0.29) is 11.5 Å². The summed E-state index contributed by atoms with van der Waals surface area (Å²) in [5.74, 6) is -0.654. The fourth-order valence-corrected chi connectivity index (χ4v) is 3.86. The summed E-state index contributed by atoms with van der Waals surface area (Å²) >= 11 is 0. The molecular formula is C17H24N2O2. The van der Waals surface area contributed by atoms with Crippen molar-refractivity contribution in [2.75, 3.05) is 26.2 Å². The van der Waals surface area contributed by atoms with Crippen LogP contribution in [0.2, 0.25) is 0 Å². The number of hydrogen-bond acceptors (Lipinski definition) is 3. The third-order valence-corrected chi connectivity index (χ3v) is 5.09. The van der Waals surface area contributed by atoms with E-state index >= 15 is 0 Å². The van der Waals surface area contributed by atoms with Crippen molar-refractivity contribution >= 4 is 5.97 Å². The van der Waals surface area contributed by atoms with Crippen molar-refractivity contribution in [3.63, 3.8) is 0 Å². The summed E-state index contributed by atoms with van der Waals surface area (Å²) in [6.45, 7) is 3.84. The van der Waals surface area contributed by atoms with Gasteiger partial charge in [0.25, 0.3) is 0 Å². The van der Waals surface area contributed by atoms with Gasteiger partial charge in [-0.3, -0.25) is 9.69 Å². The molecule has 21 heavy (non-hydrogen) atoms. The first-order chi connectivity index (χ1) is 10.2. The van der Waals surface area contributed by atoms with Crippen LogP contribution in [0.15, 0.2) is 30.3 Å². The average Bonchev–Trinajstić information content (AvgIpc) is 2.86. The van der Waals surface area contributed by atoms with E-state index in [4.69, 9.17) is 0 Å². The van der Waals surface area contributed by atoms with Gasteiger partial charge in [-0.15, -0.1) is 0 Å². The highest BCUT2D eigenvalue weighted by Crippen LogP contribution is 2.41. The molecule has 1 aromatic carbocycles. The maximum Gasteiger partial charge on any atom is 0.320 e. The Morgan fingerprint density at radius 1 is 1.29 bits per heavy atom. The van der Waals surface area contributed by atoms with Crippen LogP contribution in [0.5, 0.6) is 0 Å². The van der Waals surface area contributed by atoms with Crippen LogP contribution in [0.25, 0.3) is 0 Å². The minimum atomic E-state index is -0.654. The summed E-state index contributed by atoms with van der Waals surface area (Å²) in [7, 11) is 0. The van der Waals surface area contributed by atoms with Crippen molar-refractivity contribution in [2.24, 2.45) is 5.41 Å². The van der Waals surface area contributed by atoms with Gasteiger partial charge in [-0.1, -0.05) is 30.3 Å². The number of nitrogens with one attached hydrogen (secondary N) is 1. The smallest absolute Gasteiger partial charge is 0.320 e. The van der Waals surface area contributed by atoms with Crippen LogP contribution in [-0.4, -0.2) is 48.2 Å². The first-order valence-electron chi connectivity index (χ1n) is 7.90. The van der Waals surface area contributed by atoms with E-state index in [9.17, 15) is 9.90 Å². The number of piperidine rings is 1. The Hall–Kier alpha value is -1.39. The molecular weight excluding hydrogens is 264 g/mol. The minimum Gasteiger partial charge on any atom is -0.480 e. The normalized spacial score (nSPS) is 25.2. The van der Waals surface area contributed by atoms with Gasteiger partial charge in [0.2, 0.25) is 0 Å². The number of hydrogen-bond donors (Lipinski definition) is 2. The van der Waals surface area contributed by atoms with E-state index < -0.39 is 5.97 Å². The highest BCUT2D eigenvalue weighted by molar-refractivity contribution is 5.74. The highest BCUT2D eigenvalue weighted by Gasteiger charge is 2.46. The minimum absolute atomic E-state index is 0.227. The molecule has 4 heteroatoms. The summed E-state index contributed by atoms with van der Waals surface area (Å²) in [5, 5.41) is 12.9. The number of carboxylic acid groups (broad SMARTS) is 1. The Kier molecular flexibility index (Phi) is 4.27. The molecule has 2 aliphatic rings. The van der Waals surface area contributed by atoms with E-state index in [1.807, 2.05) is 18.2 Å². The Morgan fingerprint density at radius 3 is 2.67 bits per heavy atom. The van der Waals surface area contributed by atoms with Crippen LogP contribution in [0.3, 0.4) is 0 Å². The second-order valence-corrected chi connectivity index (χ2v) is 6.51. The zero-order chi connectivity index (χ0) is 14.7. The SMILES string of the molecule is O=C(O)[C@@H]1CC2(CCNCC2)CN1CCc1ccccc1. The van der Waals surface area contributed by atoms with Crippen molar-refractivity contribution in [3.05, 3.63) is 35.9 Å². The van der Waals surface area contributed by atoms with Gasteiger partial charge in [0.15, 0.2) is 0 Å². The predicted molar refractivity (Wildman–Crippen MR) is 82.3 cm³/mol. The summed E-state index contributed by atoms with van der Waals surface area (Å²) in [6.07, 6.45) is 3.97. The highest BCUT2D eigenvalue weighted by atomic mass is 16.4. The average molecular weight is 288 g/mol. The first-order valence-corrected chi connectivity index (χ1v) is 7.90. The van der Waals surface area contributed by atoms with E-state index in [1.165, 1.54) is 5.56 Å². The summed E-state index contributed by atoms with van der Waals surface area (Å²) in [5.41, 5.74) is 1.51. The van der Waals surface area contributed by atoms with E-state index in [2.05, 4.69) is 22.3 Å². The molecule has 2 fully saturated rings. The van der Waals surface area contributed by atoms with Gasteiger partial charge in [-0.25, -0.2) is 0 Å². The molecule has 0 saturated carbocycles. The number of carboxylic acids is 1. The monoisotopic (exact) mass is 288 g/mol. The zero-order valence-electron chi connectivity index (χ0n) is 12.4. The van der Waals surface area contributed by atoms with Gasteiger partial charge >= 0.3 is 5.97 Å². The number of carbonyl (C=O) groups is 1. The summed E-state index contributed by atoms with van der Waals surface area (Å²) in [6, 6.07) is 10.0. The van der Waals surface area contributed by atoms with Crippen molar-refractivity contribution in [2.45, 2.75) is 31.7 Å². The number of benzene rings is 1. The van der Waals surface area contributed by atoms with Crippen molar-refractivity contribution in [3.8, 4) is 0 Å². The lowest BCUT2D eigenvalue weighted by Gasteiger charge is -2.33. The molecule has 2 saturated heterocycles. The third-order valence-electron chi connectivity index (χ3n) is 5.09. The molecule has 4 nitrogen and oxygen atoms in total. The molecule has 2 N–H and O–H groups in total. The Morgan fingerprint density at radius 2 is 2.00 bits per heavy atom. The topological polar surface area (TPSA) is 52.6 Å². The molecule has 1 spiro atoms. The molecule has 0 bridgehead atoms. The maximum atomic E-state index is 11.6. The molecule has 2 heterocycles. The van der Waals surface area contributed by atoms with Crippen LogP contribution in [0.4, 0.5) is 0 Å². The summed E-state index contributed by atoms with van der Waals surface area (Å²) in [4.78, 5) is 13.8. The predicted octanol–water partition coefficient (Wildman–Crippen LogP) is 1.76. The summed E-state index contributed by atoms with van der Waals surface area (Å²) < 4.78 is 0. The van der Waals surface area contributed by atoms with Crippen LogP contribution in [-0.2, 0) is 11.2 Å². The second kappa shape index (κ2) is 6.16. The largest absolute Gasteiger partial charge is 0.480 e. The van der Waals surface area contributed by atoms with Crippen molar-refractivity contribution < 1.29 is 9.90 Å². The Labute approximate surface area is 126 Å². The molecule has 2 aliphatic heterocycles. The molecule has 0 aliphatic carbocycles. The molecule has 1 atom stereocenters. The van der Waals surface area contributed by atoms with Gasteiger partial charge in [-0.05, 0) is 49.8 Å². The quantitative estimate of drug-likeness (QED) is 0.886. The second-order valence-electron chi connectivity index (χ2n) is 6.51. The fourth-order valence-electron chi connectivity index (χ4n) is 3.86. The Bertz CT molecular complexity index is 483. The van der Waals surface area contributed by atoms with Gasteiger partial charge in [0.1, 0.15) is 6.04 Å². The van der Waals surface area contributed by atoms with E-state index in [1.54, 1.807) is 0 Å². The zero-order valence-corrected chi connectivity index (χ0v) is 12.4. The standard InChI is InChI=1S/C17H24N2O2/c20-16(21)15-12-17(7-9-18-10-8-17)13-19(15)11-6-14-4-2-1-3-5-14/h1-5,15,18H,6-13H2,(H,20,21)/t15-/m0/s1. The van der Waals surface area contributed by atoms with Crippen LogP contribution in [0, 0.1) is 5.41 Å². The Balaban J connectivity index is 1.66. The third kappa shape index (κ3) is 3.27. The van der Waals surface area contributed by atoms with Crippen LogP contribution < -0.4 is 5.32 Å². The maximum absolute atomic E-state index is 11.6.